The number of hydrogen-bond acceptors (Lipinski definition) is 4. The third kappa shape index (κ3) is 3.80. The molecular weight excluding hydrogens is 258 g/mol. The van der Waals surface area contributed by atoms with Gasteiger partial charge < -0.3 is 15.2 Å². The van der Waals surface area contributed by atoms with Crippen molar-refractivity contribution in [1.82, 2.24) is 15.1 Å². The van der Waals surface area contributed by atoms with Crippen molar-refractivity contribution >= 4 is 5.91 Å². The van der Waals surface area contributed by atoms with Crippen molar-refractivity contribution in [3.05, 3.63) is 17.5 Å². The Morgan fingerprint density at radius 3 is 3.00 bits per heavy atom. The molecule has 1 amide bonds. The first-order chi connectivity index (χ1) is 9.37. The molecule has 1 aromatic rings. The number of aromatic nitrogens is 2. The summed E-state index contributed by atoms with van der Waals surface area (Å²) in [5.41, 5.74) is 0.500. The van der Waals surface area contributed by atoms with Gasteiger partial charge in [0.2, 0.25) is 0 Å². The summed E-state index contributed by atoms with van der Waals surface area (Å²) in [6.07, 6.45) is 4.05. The number of rotatable bonds is 5. The number of aryl methyl sites for hydroxylation is 1. The second-order valence-corrected chi connectivity index (χ2v) is 5.92. The second kappa shape index (κ2) is 5.93. The molecule has 2 heterocycles. The lowest BCUT2D eigenvalue weighted by Crippen LogP contribution is -2.31. The van der Waals surface area contributed by atoms with Crippen LogP contribution in [-0.4, -0.2) is 39.5 Å². The van der Waals surface area contributed by atoms with E-state index >= 15 is 0 Å². The number of aliphatic hydroxyl groups is 1. The first-order valence-corrected chi connectivity index (χ1v) is 7.02. The number of amides is 1. The average Bonchev–Trinajstić information content (AvgIpc) is 2.95. The van der Waals surface area contributed by atoms with Crippen molar-refractivity contribution in [2.75, 3.05) is 13.2 Å². The Morgan fingerprint density at radius 2 is 2.40 bits per heavy atom. The highest BCUT2D eigenvalue weighted by molar-refractivity contribution is 5.95. The molecule has 6 nitrogen and oxygen atoms in total. The van der Waals surface area contributed by atoms with Crippen LogP contribution in [0.25, 0.3) is 0 Å². The zero-order valence-electron chi connectivity index (χ0n) is 12.3. The molecule has 1 aliphatic rings. The number of ether oxygens (including phenoxy) is 1. The van der Waals surface area contributed by atoms with Crippen molar-refractivity contribution in [1.29, 1.82) is 0 Å². The van der Waals surface area contributed by atoms with Crippen LogP contribution in [0, 0.1) is 0 Å². The molecule has 6 heteroatoms. The van der Waals surface area contributed by atoms with E-state index in [2.05, 4.69) is 10.4 Å². The van der Waals surface area contributed by atoms with Gasteiger partial charge >= 0.3 is 0 Å². The van der Waals surface area contributed by atoms with Crippen LogP contribution in [0.2, 0.25) is 0 Å². The Hall–Kier alpha value is -1.40. The standard InChI is InChI=1S/C14H23N3O3/c1-14(2,19)6-7-15-13(18)10-9-17(3)16-12(10)11-5-4-8-20-11/h9,11,19H,4-8H2,1-3H3,(H,15,18). The highest BCUT2D eigenvalue weighted by Gasteiger charge is 2.26. The second-order valence-electron chi connectivity index (χ2n) is 5.92. The molecule has 0 aromatic carbocycles. The normalized spacial score (nSPS) is 19.3. The van der Waals surface area contributed by atoms with E-state index in [4.69, 9.17) is 4.74 Å². The maximum atomic E-state index is 12.2. The third-order valence-corrected chi connectivity index (χ3v) is 3.36. The van der Waals surface area contributed by atoms with Gasteiger partial charge in [-0.2, -0.15) is 5.10 Å². The monoisotopic (exact) mass is 281 g/mol. The van der Waals surface area contributed by atoms with E-state index in [1.54, 1.807) is 31.8 Å². The fourth-order valence-corrected chi connectivity index (χ4v) is 2.29. The van der Waals surface area contributed by atoms with E-state index in [1.165, 1.54) is 0 Å². The van der Waals surface area contributed by atoms with E-state index in [9.17, 15) is 9.90 Å². The highest BCUT2D eigenvalue weighted by atomic mass is 16.5. The zero-order chi connectivity index (χ0) is 14.8. The first-order valence-electron chi connectivity index (χ1n) is 7.02. The Morgan fingerprint density at radius 1 is 1.65 bits per heavy atom. The minimum Gasteiger partial charge on any atom is -0.390 e. The number of carbonyl (C=O) groups excluding carboxylic acids is 1. The van der Waals surface area contributed by atoms with Gasteiger partial charge in [-0.1, -0.05) is 0 Å². The summed E-state index contributed by atoms with van der Waals surface area (Å²) in [6.45, 7) is 4.60. The molecule has 1 atom stereocenters. The maximum Gasteiger partial charge on any atom is 0.254 e. The Kier molecular flexibility index (Phi) is 4.45. The molecule has 20 heavy (non-hydrogen) atoms. The Bertz CT molecular complexity index is 470. The van der Waals surface area contributed by atoms with Gasteiger partial charge in [0.1, 0.15) is 11.8 Å². The summed E-state index contributed by atoms with van der Waals surface area (Å²) in [5.74, 6) is -0.159. The Balaban J connectivity index is 2.02. The number of nitrogens with zero attached hydrogens (tertiary/aromatic N) is 2. The third-order valence-electron chi connectivity index (χ3n) is 3.36. The molecule has 1 unspecified atom stereocenters. The fourth-order valence-electron chi connectivity index (χ4n) is 2.29. The number of nitrogens with one attached hydrogen (secondary N) is 1. The lowest BCUT2D eigenvalue weighted by molar-refractivity contribution is 0.0690. The predicted molar refractivity (Wildman–Crippen MR) is 74.4 cm³/mol. The van der Waals surface area contributed by atoms with E-state index in [0.29, 0.717) is 24.2 Å². The maximum absolute atomic E-state index is 12.2. The van der Waals surface area contributed by atoms with Crippen LogP contribution in [0.5, 0.6) is 0 Å². The van der Waals surface area contributed by atoms with E-state index < -0.39 is 5.60 Å². The van der Waals surface area contributed by atoms with Crippen molar-refractivity contribution in [3.63, 3.8) is 0 Å². The molecule has 2 rings (SSSR count). The quantitative estimate of drug-likeness (QED) is 0.849. The summed E-state index contributed by atoms with van der Waals surface area (Å²) < 4.78 is 7.25. The van der Waals surface area contributed by atoms with Crippen LogP contribution in [0.4, 0.5) is 0 Å². The van der Waals surface area contributed by atoms with Crippen LogP contribution in [0.1, 0.15) is 55.3 Å². The van der Waals surface area contributed by atoms with Crippen LogP contribution >= 0.6 is 0 Å². The van der Waals surface area contributed by atoms with Crippen molar-refractivity contribution in [3.8, 4) is 0 Å². The smallest absolute Gasteiger partial charge is 0.254 e. The minimum absolute atomic E-state index is 0.0776. The van der Waals surface area contributed by atoms with Gasteiger partial charge in [-0.25, -0.2) is 0 Å². The summed E-state index contributed by atoms with van der Waals surface area (Å²) >= 11 is 0. The van der Waals surface area contributed by atoms with Gasteiger partial charge in [-0.15, -0.1) is 0 Å². The summed E-state index contributed by atoms with van der Waals surface area (Å²) in [4.78, 5) is 12.2. The molecule has 1 saturated heterocycles. The molecule has 1 aliphatic heterocycles. The van der Waals surface area contributed by atoms with Gasteiger partial charge in [-0.3, -0.25) is 9.48 Å². The fraction of sp³-hybridized carbons (Fsp3) is 0.714. The predicted octanol–water partition coefficient (Wildman–Crippen LogP) is 1.16. The van der Waals surface area contributed by atoms with E-state index in [1.807, 2.05) is 0 Å². The van der Waals surface area contributed by atoms with Crippen molar-refractivity contribution in [2.24, 2.45) is 7.05 Å². The van der Waals surface area contributed by atoms with Gasteiger partial charge in [0.05, 0.1) is 11.2 Å². The molecule has 0 aliphatic carbocycles. The summed E-state index contributed by atoms with van der Waals surface area (Å²) in [6, 6.07) is 0. The van der Waals surface area contributed by atoms with Crippen molar-refractivity contribution in [2.45, 2.75) is 44.8 Å². The lowest BCUT2D eigenvalue weighted by Gasteiger charge is -2.17. The highest BCUT2D eigenvalue weighted by Crippen LogP contribution is 2.29. The zero-order valence-corrected chi connectivity index (χ0v) is 12.3. The molecule has 1 aromatic heterocycles. The lowest BCUT2D eigenvalue weighted by atomic mass is 10.1. The van der Waals surface area contributed by atoms with E-state index in [0.717, 1.165) is 19.4 Å². The summed E-state index contributed by atoms with van der Waals surface area (Å²) in [7, 11) is 1.80. The van der Waals surface area contributed by atoms with Crippen LogP contribution in [0.3, 0.4) is 0 Å². The van der Waals surface area contributed by atoms with E-state index in [-0.39, 0.29) is 12.0 Å². The molecular formula is C14H23N3O3. The first kappa shape index (κ1) is 15.0. The van der Waals surface area contributed by atoms with Gasteiger partial charge in [0.15, 0.2) is 0 Å². The largest absolute Gasteiger partial charge is 0.390 e. The molecule has 0 radical (unpaired) electrons. The molecule has 2 N–H and O–H groups in total. The average molecular weight is 281 g/mol. The molecule has 1 fully saturated rings. The van der Waals surface area contributed by atoms with Crippen LogP contribution in [-0.2, 0) is 11.8 Å². The number of carbonyl (C=O) groups is 1. The molecule has 0 saturated carbocycles. The topological polar surface area (TPSA) is 76.4 Å². The number of hydrogen-bond donors (Lipinski definition) is 2. The SMILES string of the molecule is Cn1cc(C(=O)NCCC(C)(C)O)c(C2CCCO2)n1. The Labute approximate surface area is 119 Å². The summed E-state index contributed by atoms with van der Waals surface area (Å²) in [5, 5.41) is 16.8. The molecule has 0 bridgehead atoms. The van der Waals surface area contributed by atoms with Gasteiger partial charge in [0.25, 0.3) is 5.91 Å². The van der Waals surface area contributed by atoms with Crippen LogP contribution < -0.4 is 5.32 Å². The van der Waals surface area contributed by atoms with Crippen LogP contribution in [0.15, 0.2) is 6.20 Å². The molecule has 112 valence electrons. The molecule has 0 spiro atoms. The van der Waals surface area contributed by atoms with Gasteiger partial charge in [0, 0.05) is 26.4 Å². The minimum atomic E-state index is -0.778. The van der Waals surface area contributed by atoms with Crippen molar-refractivity contribution < 1.29 is 14.6 Å². The van der Waals surface area contributed by atoms with Gasteiger partial charge in [-0.05, 0) is 33.1 Å².